The molecule has 0 bridgehead atoms. The Morgan fingerprint density at radius 1 is 1.31 bits per heavy atom. The highest BCUT2D eigenvalue weighted by atomic mass is 32.2. The molecule has 1 fully saturated rings. The predicted octanol–water partition coefficient (Wildman–Crippen LogP) is 2.46. The number of anilines is 1. The van der Waals surface area contributed by atoms with Gasteiger partial charge in [-0.2, -0.15) is 0 Å². The van der Waals surface area contributed by atoms with Crippen LogP contribution in [-0.2, 0) is 7.05 Å². The van der Waals surface area contributed by atoms with Crippen LogP contribution in [0.15, 0.2) is 5.16 Å². The van der Waals surface area contributed by atoms with E-state index in [-0.39, 0.29) is 0 Å². The normalized spacial score (nSPS) is 25.9. The van der Waals surface area contributed by atoms with E-state index in [1.165, 1.54) is 32.1 Å². The zero-order valence-corrected chi connectivity index (χ0v) is 10.8. The number of nitrogens with zero attached hydrogens (tertiary/aromatic N) is 3. The topological polar surface area (TPSA) is 56.7 Å². The van der Waals surface area contributed by atoms with Crippen molar-refractivity contribution >= 4 is 17.7 Å². The van der Waals surface area contributed by atoms with Crippen LogP contribution >= 0.6 is 11.8 Å². The monoisotopic (exact) mass is 240 g/mol. The van der Waals surface area contributed by atoms with E-state index in [9.17, 15) is 0 Å². The van der Waals surface area contributed by atoms with Gasteiger partial charge >= 0.3 is 0 Å². The van der Waals surface area contributed by atoms with Gasteiger partial charge in [-0.15, -0.1) is 10.2 Å². The molecule has 2 rings (SSSR count). The molecule has 1 aromatic rings. The van der Waals surface area contributed by atoms with Gasteiger partial charge in [0.2, 0.25) is 5.95 Å². The summed E-state index contributed by atoms with van der Waals surface area (Å²) in [4.78, 5) is 0. The standard InChI is InChI=1S/C11H20N4S/c1-3-8-4-6-9(7-5-8)16-11-14-13-10(12)15(11)2/h8-9H,3-7H2,1-2H3,(H2,12,13). The van der Waals surface area contributed by atoms with E-state index >= 15 is 0 Å². The van der Waals surface area contributed by atoms with Crippen LogP contribution in [0.1, 0.15) is 39.0 Å². The number of nitrogen functional groups attached to an aromatic ring is 1. The molecule has 1 aliphatic carbocycles. The van der Waals surface area contributed by atoms with Crippen molar-refractivity contribution in [1.29, 1.82) is 0 Å². The molecule has 0 spiro atoms. The first-order chi connectivity index (χ1) is 7.70. The first kappa shape index (κ1) is 11.8. The third-order valence-corrected chi connectivity index (χ3v) is 4.88. The highest BCUT2D eigenvalue weighted by molar-refractivity contribution is 7.99. The van der Waals surface area contributed by atoms with Crippen molar-refractivity contribution in [3.63, 3.8) is 0 Å². The van der Waals surface area contributed by atoms with E-state index in [2.05, 4.69) is 17.1 Å². The summed E-state index contributed by atoms with van der Waals surface area (Å²) in [5.74, 6) is 1.45. The van der Waals surface area contributed by atoms with Crippen LogP contribution in [0.25, 0.3) is 0 Å². The van der Waals surface area contributed by atoms with Crippen molar-refractivity contribution in [2.45, 2.75) is 49.4 Å². The maximum absolute atomic E-state index is 5.67. The lowest BCUT2D eigenvalue weighted by Gasteiger charge is -2.26. The molecule has 2 N–H and O–H groups in total. The van der Waals surface area contributed by atoms with Crippen molar-refractivity contribution in [1.82, 2.24) is 14.8 Å². The second-order valence-electron chi connectivity index (χ2n) is 4.57. The Kier molecular flexibility index (Phi) is 3.74. The van der Waals surface area contributed by atoms with E-state index < -0.39 is 0 Å². The maximum atomic E-state index is 5.67. The van der Waals surface area contributed by atoms with Gasteiger partial charge in [0.05, 0.1) is 0 Å². The van der Waals surface area contributed by atoms with Crippen molar-refractivity contribution in [2.75, 3.05) is 5.73 Å². The van der Waals surface area contributed by atoms with Crippen LogP contribution in [0.2, 0.25) is 0 Å². The summed E-state index contributed by atoms with van der Waals surface area (Å²) in [5.41, 5.74) is 5.67. The Morgan fingerprint density at radius 2 is 2.00 bits per heavy atom. The number of aromatic nitrogens is 3. The summed E-state index contributed by atoms with van der Waals surface area (Å²) < 4.78 is 1.87. The minimum atomic E-state index is 0.504. The molecule has 1 saturated carbocycles. The predicted molar refractivity (Wildman–Crippen MR) is 67.3 cm³/mol. The Balaban J connectivity index is 1.89. The van der Waals surface area contributed by atoms with Gasteiger partial charge in [-0.1, -0.05) is 25.1 Å². The SMILES string of the molecule is CCC1CCC(Sc2nnc(N)n2C)CC1. The molecular weight excluding hydrogens is 220 g/mol. The van der Waals surface area contributed by atoms with Gasteiger partial charge in [0.15, 0.2) is 5.16 Å². The van der Waals surface area contributed by atoms with Gasteiger partial charge in [0.25, 0.3) is 0 Å². The van der Waals surface area contributed by atoms with Crippen LogP contribution in [0, 0.1) is 5.92 Å². The summed E-state index contributed by atoms with van der Waals surface area (Å²) in [6.45, 7) is 2.29. The third kappa shape index (κ3) is 2.51. The first-order valence-electron chi connectivity index (χ1n) is 6.02. The van der Waals surface area contributed by atoms with Crippen LogP contribution < -0.4 is 5.73 Å². The number of nitrogens with two attached hydrogens (primary N) is 1. The van der Waals surface area contributed by atoms with Gasteiger partial charge in [0.1, 0.15) is 0 Å². The van der Waals surface area contributed by atoms with Gasteiger partial charge in [-0.05, 0) is 31.6 Å². The van der Waals surface area contributed by atoms with E-state index in [0.717, 1.165) is 11.1 Å². The Hall–Kier alpha value is -0.710. The lowest BCUT2D eigenvalue weighted by atomic mass is 9.87. The van der Waals surface area contributed by atoms with Crippen molar-refractivity contribution in [2.24, 2.45) is 13.0 Å². The number of hydrogen-bond donors (Lipinski definition) is 1. The molecule has 0 aromatic carbocycles. The molecule has 1 aromatic heterocycles. The molecule has 0 saturated heterocycles. The minimum absolute atomic E-state index is 0.504. The van der Waals surface area contributed by atoms with Gasteiger partial charge < -0.3 is 5.73 Å². The molecule has 1 aliphatic rings. The van der Waals surface area contributed by atoms with Gasteiger partial charge in [-0.25, -0.2) is 0 Å². The van der Waals surface area contributed by atoms with Crippen molar-refractivity contribution < 1.29 is 0 Å². The average molecular weight is 240 g/mol. The lowest BCUT2D eigenvalue weighted by Crippen LogP contribution is -2.16. The number of thioether (sulfide) groups is 1. The van der Waals surface area contributed by atoms with E-state index in [0.29, 0.717) is 11.2 Å². The van der Waals surface area contributed by atoms with Crippen molar-refractivity contribution in [3.05, 3.63) is 0 Å². The van der Waals surface area contributed by atoms with Crippen LogP contribution in [0.4, 0.5) is 5.95 Å². The second-order valence-corrected chi connectivity index (χ2v) is 5.84. The minimum Gasteiger partial charge on any atom is -0.368 e. The maximum Gasteiger partial charge on any atom is 0.222 e. The Morgan fingerprint density at radius 3 is 2.50 bits per heavy atom. The molecule has 90 valence electrons. The fourth-order valence-electron chi connectivity index (χ4n) is 2.24. The zero-order chi connectivity index (χ0) is 11.5. The highest BCUT2D eigenvalue weighted by Gasteiger charge is 2.22. The smallest absolute Gasteiger partial charge is 0.222 e. The largest absolute Gasteiger partial charge is 0.368 e. The Labute approximate surface area is 101 Å². The van der Waals surface area contributed by atoms with E-state index in [4.69, 9.17) is 5.73 Å². The molecule has 1 heterocycles. The fourth-order valence-corrected chi connectivity index (χ4v) is 3.38. The zero-order valence-electron chi connectivity index (χ0n) is 10.0. The number of rotatable bonds is 3. The number of hydrogen-bond acceptors (Lipinski definition) is 4. The molecule has 0 atom stereocenters. The molecule has 0 aliphatic heterocycles. The van der Waals surface area contributed by atoms with E-state index in [1.807, 2.05) is 23.4 Å². The first-order valence-corrected chi connectivity index (χ1v) is 6.90. The summed E-state index contributed by atoms with van der Waals surface area (Å²) >= 11 is 1.83. The van der Waals surface area contributed by atoms with Crippen molar-refractivity contribution in [3.8, 4) is 0 Å². The quantitative estimate of drug-likeness (QED) is 0.881. The summed E-state index contributed by atoms with van der Waals surface area (Å²) in [7, 11) is 1.93. The summed E-state index contributed by atoms with van der Waals surface area (Å²) in [6.07, 6.45) is 6.66. The molecule has 0 radical (unpaired) electrons. The van der Waals surface area contributed by atoms with Crippen LogP contribution in [0.3, 0.4) is 0 Å². The summed E-state index contributed by atoms with van der Waals surface area (Å²) in [6, 6.07) is 0. The van der Waals surface area contributed by atoms with Gasteiger partial charge in [-0.3, -0.25) is 4.57 Å². The average Bonchev–Trinajstić information content (AvgIpc) is 2.62. The molecule has 5 heteroatoms. The third-order valence-electron chi connectivity index (χ3n) is 3.51. The fraction of sp³-hybridized carbons (Fsp3) is 0.818. The lowest BCUT2D eigenvalue weighted by molar-refractivity contribution is 0.356. The van der Waals surface area contributed by atoms with Crippen LogP contribution in [-0.4, -0.2) is 20.0 Å². The van der Waals surface area contributed by atoms with Gasteiger partial charge in [0, 0.05) is 12.3 Å². The van der Waals surface area contributed by atoms with Crippen LogP contribution in [0.5, 0.6) is 0 Å². The molecular formula is C11H20N4S. The van der Waals surface area contributed by atoms with E-state index in [1.54, 1.807) is 0 Å². The Bertz CT molecular complexity index is 342. The second kappa shape index (κ2) is 5.08. The molecule has 0 amide bonds. The molecule has 16 heavy (non-hydrogen) atoms. The molecule has 0 unspecified atom stereocenters. The summed E-state index contributed by atoms with van der Waals surface area (Å²) in [5, 5.41) is 9.64. The molecule has 4 nitrogen and oxygen atoms in total. The highest BCUT2D eigenvalue weighted by Crippen LogP contribution is 2.36.